The number of benzene rings is 2. The molecule has 0 aliphatic carbocycles. The van der Waals surface area contributed by atoms with Gasteiger partial charge >= 0.3 is 8.56 Å². The molecule has 0 aliphatic rings. The van der Waals surface area contributed by atoms with Crippen molar-refractivity contribution < 1.29 is 13.6 Å². The van der Waals surface area contributed by atoms with Crippen LogP contribution in [0.1, 0.15) is 19.4 Å². The Morgan fingerprint density at radius 1 is 0.826 bits per heavy atom. The highest BCUT2D eigenvalue weighted by atomic mass is 28.4. The van der Waals surface area contributed by atoms with Crippen molar-refractivity contribution in [3.05, 3.63) is 60.2 Å². The quantitative estimate of drug-likeness (QED) is 0.609. The van der Waals surface area contributed by atoms with Crippen molar-refractivity contribution in [2.75, 3.05) is 6.61 Å². The molecule has 2 rings (SSSR count). The molecule has 2 aromatic rings. The van der Waals surface area contributed by atoms with Gasteiger partial charge in [-0.25, -0.2) is 0 Å². The van der Waals surface area contributed by atoms with Gasteiger partial charge in [-0.3, -0.25) is 0 Å². The van der Waals surface area contributed by atoms with Crippen molar-refractivity contribution >= 4 is 8.56 Å². The fourth-order valence-electron chi connectivity index (χ4n) is 1.94. The summed E-state index contributed by atoms with van der Waals surface area (Å²) in [6.07, 6.45) is 0. The summed E-state index contributed by atoms with van der Waals surface area (Å²) < 4.78 is 17.7. The van der Waals surface area contributed by atoms with Crippen molar-refractivity contribution in [2.24, 2.45) is 5.92 Å². The molecular weight excluding hydrogens is 304 g/mol. The van der Waals surface area contributed by atoms with E-state index in [0.717, 1.165) is 23.7 Å². The third kappa shape index (κ3) is 6.56. The number of rotatable bonds is 8. The maximum Gasteiger partial charge on any atom is 0.332 e. The van der Waals surface area contributed by atoms with Crippen molar-refractivity contribution in [2.45, 2.75) is 33.5 Å². The predicted octanol–water partition coefficient (Wildman–Crippen LogP) is 5.37. The standard InChI is InChI=1S/C19H26O3Si/c1-16(2)14-20-23(3,4)21-15-17-10-12-19(13-11-17)22-18-8-6-5-7-9-18/h5-13,16H,14-15H2,1-4H3. The molecule has 0 saturated heterocycles. The summed E-state index contributed by atoms with van der Waals surface area (Å²) in [5, 5.41) is 0. The summed E-state index contributed by atoms with van der Waals surface area (Å²) >= 11 is 0. The van der Waals surface area contributed by atoms with E-state index in [4.69, 9.17) is 13.6 Å². The second kappa shape index (κ2) is 8.29. The fraction of sp³-hybridized carbons (Fsp3) is 0.368. The predicted molar refractivity (Wildman–Crippen MR) is 96.0 cm³/mol. The zero-order valence-electron chi connectivity index (χ0n) is 14.4. The summed E-state index contributed by atoms with van der Waals surface area (Å²) in [6, 6.07) is 17.8. The number of ether oxygens (including phenoxy) is 1. The van der Waals surface area contributed by atoms with Crippen LogP contribution in [0.15, 0.2) is 54.6 Å². The molecule has 0 heterocycles. The summed E-state index contributed by atoms with van der Waals surface area (Å²) in [6.45, 7) is 9.79. The lowest BCUT2D eigenvalue weighted by Crippen LogP contribution is -2.35. The van der Waals surface area contributed by atoms with E-state index in [0.29, 0.717) is 12.5 Å². The van der Waals surface area contributed by atoms with E-state index in [1.54, 1.807) is 0 Å². The van der Waals surface area contributed by atoms with Crippen molar-refractivity contribution in [1.29, 1.82) is 0 Å². The SMILES string of the molecule is CC(C)CO[Si](C)(C)OCc1ccc(Oc2ccccc2)cc1. The van der Waals surface area contributed by atoms with Gasteiger partial charge in [0.2, 0.25) is 0 Å². The van der Waals surface area contributed by atoms with Crippen molar-refractivity contribution in [3.8, 4) is 11.5 Å². The molecule has 0 aliphatic heterocycles. The molecule has 124 valence electrons. The van der Waals surface area contributed by atoms with Gasteiger partial charge in [-0.2, -0.15) is 0 Å². The molecule has 0 unspecified atom stereocenters. The molecule has 0 aromatic heterocycles. The molecule has 0 saturated carbocycles. The van der Waals surface area contributed by atoms with Gasteiger partial charge < -0.3 is 13.6 Å². The highest BCUT2D eigenvalue weighted by molar-refractivity contribution is 6.64. The number of hydrogen-bond acceptors (Lipinski definition) is 3. The second-order valence-corrected chi connectivity index (χ2v) is 9.83. The Balaban J connectivity index is 1.85. The average Bonchev–Trinajstić information content (AvgIpc) is 2.54. The molecule has 0 bridgehead atoms. The Labute approximate surface area is 140 Å². The fourth-order valence-corrected chi connectivity index (χ4v) is 3.28. The smallest absolute Gasteiger partial charge is 0.332 e. The molecule has 0 fully saturated rings. The Hall–Kier alpha value is -1.62. The van der Waals surface area contributed by atoms with Crippen LogP contribution in [-0.2, 0) is 15.5 Å². The first-order valence-electron chi connectivity index (χ1n) is 8.04. The first-order valence-corrected chi connectivity index (χ1v) is 10.9. The van der Waals surface area contributed by atoms with Crippen LogP contribution in [0.3, 0.4) is 0 Å². The van der Waals surface area contributed by atoms with E-state index < -0.39 is 8.56 Å². The summed E-state index contributed by atoms with van der Waals surface area (Å²) in [5.41, 5.74) is 1.12. The van der Waals surface area contributed by atoms with E-state index >= 15 is 0 Å². The summed E-state index contributed by atoms with van der Waals surface area (Å²) in [5.74, 6) is 2.19. The maximum absolute atomic E-state index is 6.00. The van der Waals surface area contributed by atoms with Crippen LogP contribution < -0.4 is 4.74 Å². The van der Waals surface area contributed by atoms with Gasteiger partial charge in [-0.05, 0) is 48.8 Å². The molecule has 0 spiro atoms. The van der Waals surface area contributed by atoms with Crippen molar-refractivity contribution in [3.63, 3.8) is 0 Å². The summed E-state index contributed by atoms with van der Waals surface area (Å²) in [7, 11) is -2.05. The Kier molecular flexibility index (Phi) is 6.39. The second-order valence-electron chi connectivity index (χ2n) is 6.45. The minimum absolute atomic E-state index is 0.528. The van der Waals surface area contributed by atoms with Crippen LogP contribution in [0.2, 0.25) is 13.1 Å². The van der Waals surface area contributed by atoms with Gasteiger partial charge in [-0.1, -0.05) is 44.2 Å². The minimum atomic E-state index is -2.05. The lowest BCUT2D eigenvalue weighted by molar-refractivity contribution is 0.155. The van der Waals surface area contributed by atoms with Crippen LogP contribution in [-0.4, -0.2) is 15.2 Å². The van der Waals surface area contributed by atoms with Gasteiger partial charge in [0, 0.05) is 6.61 Å². The van der Waals surface area contributed by atoms with Crippen LogP contribution in [0.4, 0.5) is 0 Å². The lowest BCUT2D eigenvalue weighted by Gasteiger charge is -2.24. The van der Waals surface area contributed by atoms with E-state index in [-0.39, 0.29) is 0 Å². The Bertz CT molecular complexity index is 579. The minimum Gasteiger partial charge on any atom is -0.457 e. The van der Waals surface area contributed by atoms with Gasteiger partial charge in [0.1, 0.15) is 11.5 Å². The zero-order chi connectivity index (χ0) is 16.7. The third-order valence-corrected chi connectivity index (χ3v) is 4.95. The summed E-state index contributed by atoms with van der Waals surface area (Å²) in [4.78, 5) is 0. The largest absolute Gasteiger partial charge is 0.457 e. The zero-order valence-corrected chi connectivity index (χ0v) is 15.4. The number of para-hydroxylation sites is 1. The van der Waals surface area contributed by atoms with Crippen LogP contribution >= 0.6 is 0 Å². The maximum atomic E-state index is 6.00. The monoisotopic (exact) mass is 330 g/mol. The highest BCUT2D eigenvalue weighted by Gasteiger charge is 2.24. The third-order valence-electron chi connectivity index (χ3n) is 3.25. The molecular formula is C19H26O3Si. The Morgan fingerprint density at radius 2 is 1.43 bits per heavy atom. The molecule has 23 heavy (non-hydrogen) atoms. The molecule has 3 nitrogen and oxygen atoms in total. The van der Waals surface area contributed by atoms with E-state index in [2.05, 4.69) is 26.9 Å². The van der Waals surface area contributed by atoms with E-state index in [9.17, 15) is 0 Å². The van der Waals surface area contributed by atoms with Crippen LogP contribution in [0.25, 0.3) is 0 Å². The molecule has 0 atom stereocenters. The molecule has 0 amide bonds. The van der Waals surface area contributed by atoms with Crippen molar-refractivity contribution in [1.82, 2.24) is 0 Å². The molecule has 0 N–H and O–H groups in total. The van der Waals surface area contributed by atoms with E-state index in [1.807, 2.05) is 54.6 Å². The Morgan fingerprint density at radius 3 is 2.04 bits per heavy atom. The lowest BCUT2D eigenvalue weighted by atomic mass is 10.2. The van der Waals surface area contributed by atoms with Crippen LogP contribution in [0.5, 0.6) is 11.5 Å². The molecule has 4 heteroatoms. The molecule has 2 aromatic carbocycles. The van der Waals surface area contributed by atoms with Crippen LogP contribution in [0, 0.1) is 5.92 Å². The van der Waals surface area contributed by atoms with E-state index in [1.165, 1.54) is 0 Å². The van der Waals surface area contributed by atoms with Gasteiger partial charge in [0.05, 0.1) is 6.61 Å². The topological polar surface area (TPSA) is 27.7 Å². The highest BCUT2D eigenvalue weighted by Crippen LogP contribution is 2.22. The average molecular weight is 330 g/mol. The first kappa shape index (κ1) is 17.7. The van der Waals surface area contributed by atoms with Gasteiger partial charge in [0.15, 0.2) is 0 Å². The van der Waals surface area contributed by atoms with Gasteiger partial charge in [-0.15, -0.1) is 0 Å². The normalized spacial score (nSPS) is 11.7. The first-order chi connectivity index (χ1) is 10.9. The molecule has 0 radical (unpaired) electrons. The number of hydrogen-bond donors (Lipinski definition) is 0. The van der Waals surface area contributed by atoms with Gasteiger partial charge in [0.25, 0.3) is 0 Å².